The highest BCUT2D eigenvalue weighted by molar-refractivity contribution is 7.13. The van der Waals surface area contributed by atoms with Gasteiger partial charge in [-0.3, -0.25) is 4.79 Å². The van der Waals surface area contributed by atoms with Crippen molar-refractivity contribution in [3.8, 4) is 16.4 Å². The lowest BCUT2D eigenvalue weighted by atomic mass is 9.93. The number of nitrogens with two attached hydrogens (primary N) is 1. The highest BCUT2D eigenvalue weighted by Crippen LogP contribution is 2.29. The van der Waals surface area contributed by atoms with Crippen LogP contribution in [0.4, 0.5) is 16.0 Å². The van der Waals surface area contributed by atoms with E-state index in [0.717, 1.165) is 13.1 Å². The van der Waals surface area contributed by atoms with Crippen molar-refractivity contribution in [2.24, 2.45) is 0 Å². The number of benzene rings is 1. The predicted molar refractivity (Wildman–Crippen MR) is 121 cm³/mol. The first-order valence-electron chi connectivity index (χ1n) is 9.99. The van der Waals surface area contributed by atoms with Crippen molar-refractivity contribution in [1.29, 1.82) is 0 Å². The number of amides is 1. The molecule has 10 heteroatoms. The van der Waals surface area contributed by atoms with Crippen LogP contribution in [-0.2, 0) is 0 Å². The van der Waals surface area contributed by atoms with Crippen LogP contribution in [0.5, 0.6) is 0 Å². The van der Waals surface area contributed by atoms with Gasteiger partial charge in [0.25, 0.3) is 5.91 Å². The lowest BCUT2D eigenvalue weighted by Gasteiger charge is -2.36. The maximum Gasteiger partial charge on any atom is 0.276 e. The second-order valence-corrected chi connectivity index (χ2v) is 8.59. The van der Waals surface area contributed by atoms with Gasteiger partial charge in [0.2, 0.25) is 0 Å². The van der Waals surface area contributed by atoms with E-state index in [1.807, 2.05) is 18.3 Å². The Bertz CT molecular complexity index is 1260. The van der Waals surface area contributed by atoms with Crippen LogP contribution in [0.2, 0.25) is 0 Å². The fourth-order valence-electron chi connectivity index (χ4n) is 3.64. The number of carbonyl (C=O) groups excluding carboxylic acids is 1. The third-order valence-corrected chi connectivity index (χ3v) is 6.18. The number of nitrogens with zero attached hydrogens (tertiary/aromatic N) is 5. The van der Waals surface area contributed by atoms with Crippen molar-refractivity contribution < 1.29 is 9.18 Å². The Hall–Kier alpha value is -3.63. The number of likely N-dealkylation sites (tertiary alicyclic amines) is 1. The second kappa shape index (κ2) is 8.13. The third kappa shape index (κ3) is 3.97. The monoisotopic (exact) mass is 449 g/mol. The van der Waals surface area contributed by atoms with Crippen molar-refractivity contribution in [1.82, 2.24) is 24.6 Å². The average Bonchev–Trinajstić information content (AvgIpc) is 3.40. The first kappa shape index (κ1) is 20.3. The fourth-order valence-corrected chi connectivity index (χ4v) is 4.44. The molecule has 1 amide bonds. The largest absolute Gasteiger partial charge is 0.382 e. The van der Waals surface area contributed by atoms with E-state index in [2.05, 4.69) is 32.3 Å². The Kier molecular flexibility index (Phi) is 5.16. The van der Waals surface area contributed by atoms with Gasteiger partial charge in [0.1, 0.15) is 33.8 Å². The number of nitrogens with one attached hydrogen (secondary N) is 1. The van der Waals surface area contributed by atoms with Gasteiger partial charge in [-0.15, -0.1) is 11.3 Å². The number of rotatable bonds is 5. The number of nitrogen functional groups attached to an aromatic ring is 1. The standard InChI is InChI=1S/C22H20FN7OS/c1-29-10-14(11-29)13-2-7-20(25-9-13)27-21(31)17-12-32-22(26-17)18-8-19(24)28-30(18)16-5-3-15(23)4-6-16/h2-9,12,14H,10-11H2,1H3,(H2,24,28)(H,25,27,31). The zero-order valence-corrected chi connectivity index (χ0v) is 18.0. The summed E-state index contributed by atoms with van der Waals surface area (Å²) >= 11 is 1.30. The second-order valence-electron chi connectivity index (χ2n) is 7.73. The summed E-state index contributed by atoms with van der Waals surface area (Å²) < 4.78 is 14.9. The van der Waals surface area contributed by atoms with E-state index in [1.54, 1.807) is 28.3 Å². The molecule has 0 unspecified atom stereocenters. The van der Waals surface area contributed by atoms with Crippen molar-refractivity contribution >= 4 is 28.9 Å². The molecular formula is C22H20FN7OS. The van der Waals surface area contributed by atoms with E-state index in [1.165, 1.54) is 29.0 Å². The van der Waals surface area contributed by atoms with E-state index in [4.69, 9.17) is 5.73 Å². The minimum absolute atomic E-state index is 0.266. The molecule has 5 rings (SSSR count). The van der Waals surface area contributed by atoms with E-state index in [0.29, 0.717) is 33.9 Å². The summed E-state index contributed by atoms with van der Waals surface area (Å²) in [6.45, 7) is 2.04. The summed E-state index contributed by atoms with van der Waals surface area (Å²) in [6, 6.07) is 11.4. The van der Waals surface area contributed by atoms with Crippen molar-refractivity contribution in [2.75, 3.05) is 31.2 Å². The van der Waals surface area contributed by atoms with Crippen LogP contribution in [0, 0.1) is 5.82 Å². The molecule has 0 spiro atoms. The first-order valence-corrected chi connectivity index (χ1v) is 10.9. The minimum atomic E-state index is -0.350. The van der Waals surface area contributed by atoms with E-state index >= 15 is 0 Å². The van der Waals surface area contributed by atoms with Gasteiger partial charge < -0.3 is 16.0 Å². The third-order valence-electron chi connectivity index (χ3n) is 5.32. The van der Waals surface area contributed by atoms with Gasteiger partial charge in [0.05, 0.1) is 5.69 Å². The van der Waals surface area contributed by atoms with Crippen LogP contribution in [0.25, 0.3) is 16.4 Å². The zero-order chi connectivity index (χ0) is 22.2. The molecule has 8 nitrogen and oxygen atoms in total. The van der Waals surface area contributed by atoms with Gasteiger partial charge in [-0.05, 0) is 42.9 Å². The SMILES string of the molecule is CN1CC(c2ccc(NC(=O)c3csc(-c4cc(N)nn4-c4ccc(F)cc4)n3)nc2)C1. The van der Waals surface area contributed by atoms with Crippen molar-refractivity contribution in [3.05, 3.63) is 71.1 Å². The van der Waals surface area contributed by atoms with Gasteiger partial charge in [0, 0.05) is 36.7 Å². The lowest BCUT2D eigenvalue weighted by Crippen LogP contribution is -2.41. The molecule has 0 saturated carbocycles. The van der Waals surface area contributed by atoms with E-state index in [-0.39, 0.29) is 17.4 Å². The van der Waals surface area contributed by atoms with Gasteiger partial charge >= 0.3 is 0 Å². The molecule has 0 radical (unpaired) electrons. The number of hydrogen-bond acceptors (Lipinski definition) is 7. The predicted octanol–water partition coefficient (Wildman–Crippen LogP) is 3.39. The van der Waals surface area contributed by atoms with Gasteiger partial charge in [0.15, 0.2) is 0 Å². The highest BCUT2D eigenvalue weighted by Gasteiger charge is 2.25. The number of thiazole rings is 1. The Morgan fingerprint density at radius 3 is 2.69 bits per heavy atom. The maximum atomic E-state index is 13.3. The maximum absolute atomic E-state index is 13.3. The molecule has 1 aromatic carbocycles. The van der Waals surface area contributed by atoms with Crippen molar-refractivity contribution in [2.45, 2.75) is 5.92 Å². The van der Waals surface area contributed by atoms with E-state index < -0.39 is 0 Å². The number of aromatic nitrogens is 4. The Balaban J connectivity index is 1.33. The number of pyridine rings is 1. The topological polar surface area (TPSA) is 102 Å². The number of hydrogen-bond donors (Lipinski definition) is 2. The molecule has 1 aliphatic rings. The smallest absolute Gasteiger partial charge is 0.276 e. The van der Waals surface area contributed by atoms with Crippen LogP contribution >= 0.6 is 11.3 Å². The van der Waals surface area contributed by atoms with Gasteiger partial charge in [-0.25, -0.2) is 19.0 Å². The summed E-state index contributed by atoms with van der Waals surface area (Å²) in [4.78, 5) is 23.7. The minimum Gasteiger partial charge on any atom is -0.382 e. The summed E-state index contributed by atoms with van der Waals surface area (Å²) in [7, 11) is 2.08. The first-order chi connectivity index (χ1) is 15.5. The van der Waals surface area contributed by atoms with Gasteiger partial charge in [-0.2, -0.15) is 5.10 Å². The molecule has 1 saturated heterocycles. The summed E-state index contributed by atoms with van der Waals surface area (Å²) in [6.07, 6.45) is 1.81. The normalized spacial score (nSPS) is 14.3. The van der Waals surface area contributed by atoms with Crippen LogP contribution in [0.15, 0.2) is 54.0 Å². The quantitative estimate of drug-likeness (QED) is 0.484. The lowest BCUT2D eigenvalue weighted by molar-refractivity contribution is 0.102. The van der Waals surface area contributed by atoms with Gasteiger partial charge in [-0.1, -0.05) is 6.07 Å². The van der Waals surface area contributed by atoms with Crippen LogP contribution in [0.3, 0.4) is 0 Å². The van der Waals surface area contributed by atoms with Crippen LogP contribution < -0.4 is 11.1 Å². The number of halogens is 1. The molecule has 1 aliphatic heterocycles. The molecule has 1 fully saturated rings. The summed E-state index contributed by atoms with van der Waals surface area (Å²) in [5.74, 6) is 0.577. The van der Waals surface area contributed by atoms with Crippen LogP contribution in [0.1, 0.15) is 22.0 Å². The molecule has 0 aliphatic carbocycles. The molecule has 0 bridgehead atoms. The zero-order valence-electron chi connectivity index (χ0n) is 17.2. The number of carbonyl (C=O) groups is 1. The average molecular weight is 450 g/mol. The molecule has 162 valence electrons. The van der Waals surface area contributed by atoms with Crippen LogP contribution in [-0.4, -0.2) is 50.7 Å². The molecular weight excluding hydrogens is 429 g/mol. The Morgan fingerprint density at radius 2 is 2.00 bits per heavy atom. The number of likely N-dealkylation sites (N-methyl/N-ethyl adjacent to an activating group) is 1. The number of anilines is 2. The summed E-state index contributed by atoms with van der Waals surface area (Å²) in [5, 5.41) is 9.30. The molecule has 3 N–H and O–H groups in total. The fraction of sp³-hybridized carbons (Fsp3) is 0.182. The Labute approximate surface area is 187 Å². The molecule has 32 heavy (non-hydrogen) atoms. The molecule has 0 atom stereocenters. The van der Waals surface area contributed by atoms with E-state index in [9.17, 15) is 9.18 Å². The van der Waals surface area contributed by atoms with Crippen molar-refractivity contribution in [3.63, 3.8) is 0 Å². The highest BCUT2D eigenvalue weighted by atomic mass is 32.1. The Morgan fingerprint density at radius 1 is 1.22 bits per heavy atom. The molecule has 4 heterocycles. The molecule has 3 aromatic heterocycles. The summed E-state index contributed by atoms with van der Waals surface area (Å²) in [5.41, 5.74) is 8.58. The molecule has 4 aromatic rings.